The van der Waals surface area contributed by atoms with Crippen molar-refractivity contribution >= 4 is 17.6 Å². The smallest absolute Gasteiger partial charge is 0.342 e. The lowest BCUT2D eigenvalue weighted by Gasteiger charge is -2.17. The van der Waals surface area contributed by atoms with Gasteiger partial charge in [0.25, 0.3) is 5.91 Å². The van der Waals surface area contributed by atoms with Gasteiger partial charge in [-0.2, -0.15) is 5.10 Å². The number of nitrogens with zero attached hydrogens (tertiary/aromatic N) is 2. The molecule has 1 atom stereocenters. The Balaban J connectivity index is 2.19. The molecule has 0 saturated heterocycles. The summed E-state index contributed by atoms with van der Waals surface area (Å²) in [6, 6.07) is 3.05. The van der Waals surface area contributed by atoms with Crippen LogP contribution < -0.4 is 19.5 Å². The molecule has 0 radical (unpaired) electrons. The zero-order valence-corrected chi connectivity index (χ0v) is 17.1. The number of amides is 1. The first kappa shape index (κ1) is 21.1. The first-order valence-corrected chi connectivity index (χ1v) is 8.56. The predicted molar refractivity (Wildman–Crippen MR) is 102 cm³/mol. The minimum absolute atomic E-state index is 0.119. The Morgan fingerprint density at radius 1 is 1.07 bits per heavy atom. The van der Waals surface area contributed by atoms with Crippen molar-refractivity contribution in [2.45, 2.75) is 26.9 Å². The quantitative estimate of drug-likeness (QED) is 0.723. The Labute approximate surface area is 163 Å². The first-order valence-electron chi connectivity index (χ1n) is 8.56. The van der Waals surface area contributed by atoms with Crippen molar-refractivity contribution in [1.82, 2.24) is 9.78 Å². The number of esters is 1. The van der Waals surface area contributed by atoms with Crippen LogP contribution in [0.15, 0.2) is 12.1 Å². The van der Waals surface area contributed by atoms with Crippen molar-refractivity contribution in [3.63, 3.8) is 0 Å². The van der Waals surface area contributed by atoms with Gasteiger partial charge < -0.3 is 24.3 Å². The number of carbonyl (C=O) groups excluding carboxylic acids is 2. The van der Waals surface area contributed by atoms with Crippen LogP contribution in [0, 0.1) is 13.8 Å². The molecule has 0 fully saturated rings. The maximum absolute atomic E-state index is 12.6. The van der Waals surface area contributed by atoms with Crippen molar-refractivity contribution in [3.05, 3.63) is 29.1 Å². The van der Waals surface area contributed by atoms with Gasteiger partial charge >= 0.3 is 5.97 Å². The first-order chi connectivity index (χ1) is 13.2. The number of ether oxygens (including phenoxy) is 4. The van der Waals surface area contributed by atoms with Crippen LogP contribution in [-0.2, 0) is 16.6 Å². The van der Waals surface area contributed by atoms with E-state index < -0.39 is 18.0 Å². The Bertz CT molecular complexity index is 890. The molecule has 0 saturated carbocycles. The van der Waals surface area contributed by atoms with Gasteiger partial charge in [-0.25, -0.2) is 4.79 Å². The number of rotatable bonds is 7. The summed E-state index contributed by atoms with van der Waals surface area (Å²) in [7, 11) is 6.09. The lowest BCUT2D eigenvalue weighted by atomic mass is 10.1. The van der Waals surface area contributed by atoms with Gasteiger partial charge in [0.05, 0.1) is 38.4 Å². The third-order valence-corrected chi connectivity index (χ3v) is 4.33. The Hall–Kier alpha value is -3.23. The molecule has 1 amide bonds. The van der Waals surface area contributed by atoms with E-state index in [4.69, 9.17) is 18.9 Å². The van der Waals surface area contributed by atoms with Crippen molar-refractivity contribution in [2.75, 3.05) is 26.6 Å². The van der Waals surface area contributed by atoms with Crippen molar-refractivity contribution in [3.8, 4) is 17.2 Å². The van der Waals surface area contributed by atoms with E-state index in [1.165, 1.54) is 34.3 Å². The fourth-order valence-electron chi connectivity index (χ4n) is 2.72. The lowest BCUT2D eigenvalue weighted by Crippen LogP contribution is -2.30. The Kier molecular flexibility index (Phi) is 6.50. The zero-order chi connectivity index (χ0) is 21.0. The highest BCUT2D eigenvalue weighted by atomic mass is 16.6. The summed E-state index contributed by atoms with van der Waals surface area (Å²) in [4.78, 5) is 25.1. The highest BCUT2D eigenvalue weighted by molar-refractivity contribution is 5.99. The average molecular weight is 391 g/mol. The Morgan fingerprint density at radius 2 is 1.71 bits per heavy atom. The summed E-state index contributed by atoms with van der Waals surface area (Å²) in [5, 5.41) is 6.99. The van der Waals surface area contributed by atoms with Gasteiger partial charge in [0.1, 0.15) is 5.56 Å². The minimum atomic E-state index is -1.04. The molecule has 1 aromatic heterocycles. The molecule has 1 heterocycles. The normalized spacial score (nSPS) is 11.5. The fourth-order valence-corrected chi connectivity index (χ4v) is 2.72. The summed E-state index contributed by atoms with van der Waals surface area (Å²) in [6.45, 7) is 5.11. The van der Waals surface area contributed by atoms with E-state index in [0.717, 1.165) is 5.69 Å². The molecule has 0 aliphatic carbocycles. The molecular formula is C19H25N3O6. The van der Waals surface area contributed by atoms with Gasteiger partial charge in [-0.3, -0.25) is 9.48 Å². The molecule has 9 nitrogen and oxygen atoms in total. The summed E-state index contributed by atoms with van der Waals surface area (Å²) in [5.41, 5.74) is 2.19. The second kappa shape index (κ2) is 8.64. The molecule has 0 bridgehead atoms. The predicted octanol–water partition coefficient (Wildman–Crippen LogP) is 2.25. The molecular weight excluding hydrogens is 366 g/mol. The summed E-state index contributed by atoms with van der Waals surface area (Å²) in [6.07, 6.45) is -1.04. The van der Waals surface area contributed by atoms with Gasteiger partial charge in [0, 0.05) is 7.05 Å². The van der Waals surface area contributed by atoms with Crippen molar-refractivity contribution < 1.29 is 28.5 Å². The number of carbonyl (C=O) groups is 2. The number of benzene rings is 1. The van der Waals surface area contributed by atoms with Crippen LogP contribution >= 0.6 is 0 Å². The molecule has 9 heteroatoms. The maximum Gasteiger partial charge on any atom is 0.342 e. The highest BCUT2D eigenvalue weighted by Crippen LogP contribution is 2.40. The number of hydrogen-bond acceptors (Lipinski definition) is 7. The van der Waals surface area contributed by atoms with Crippen LogP contribution in [0.25, 0.3) is 0 Å². The molecule has 0 unspecified atom stereocenters. The number of aromatic nitrogens is 2. The van der Waals surface area contributed by atoms with E-state index in [-0.39, 0.29) is 17.1 Å². The second-order valence-electron chi connectivity index (χ2n) is 6.09. The number of nitrogens with one attached hydrogen (secondary N) is 1. The lowest BCUT2D eigenvalue weighted by molar-refractivity contribution is -0.123. The van der Waals surface area contributed by atoms with Gasteiger partial charge in [-0.05, 0) is 32.9 Å². The van der Waals surface area contributed by atoms with E-state index in [0.29, 0.717) is 17.1 Å². The van der Waals surface area contributed by atoms with E-state index in [2.05, 4.69) is 10.4 Å². The molecule has 2 rings (SSSR count). The maximum atomic E-state index is 12.6. The van der Waals surface area contributed by atoms with Crippen LogP contribution in [-0.4, -0.2) is 49.1 Å². The second-order valence-corrected chi connectivity index (χ2v) is 6.09. The van der Waals surface area contributed by atoms with Crippen molar-refractivity contribution in [2.24, 2.45) is 7.05 Å². The molecule has 0 spiro atoms. The van der Waals surface area contributed by atoms with Crippen LogP contribution in [0.2, 0.25) is 0 Å². The van der Waals surface area contributed by atoms with Gasteiger partial charge in [0.15, 0.2) is 17.6 Å². The van der Waals surface area contributed by atoms with Crippen LogP contribution in [0.5, 0.6) is 17.2 Å². The van der Waals surface area contributed by atoms with E-state index in [1.807, 2.05) is 6.92 Å². The molecule has 1 aromatic carbocycles. The van der Waals surface area contributed by atoms with Gasteiger partial charge in [0.2, 0.25) is 5.75 Å². The SMILES string of the molecule is COc1ccc(C(=O)O[C@H](C)C(=O)Nc2c(C)nn(C)c2C)c(OC)c1OC. The van der Waals surface area contributed by atoms with E-state index >= 15 is 0 Å². The summed E-state index contributed by atoms with van der Waals surface area (Å²) < 4.78 is 22.7. The average Bonchev–Trinajstić information content (AvgIpc) is 2.92. The minimum Gasteiger partial charge on any atom is -0.493 e. The highest BCUT2D eigenvalue weighted by Gasteiger charge is 2.26. The summed E-state index contributed by atoms with van der Waals surface area (Å²) in [5.74, 6) is -0.354. The molecule has 1 N–H and O–H groups in total. The molecule has 152 valence electrons. The summed E-state index contributed by atoms with van der Waals surface area (Å²) >= 11 is 0. The number of methoxy groups -OCH3 is 3. The van der Waals surface area contributed by atoms with E-state index in [9.17, 15) is 9.59 Å². The fraction of sp³-hybridized carbons (Fsp3) is 0.421. The number of hydrogen-bond donors (Lipinski definition) is 1. The van der Waals surface area contributed by atoms with Gasteiger partial charge in [-0.15, -0.1) is 0 Å². The molecule has 2 aromatic rings. The monoisotopic (exact) mass is 391 g/mol. The zero-order valence-electron chi connectivity index (χ0n) is 17.1. The topological polar surface area (TPSA) is 101 Å². The van der Waals surface area contributed by atoms with Gasteiger partial charge in [-0.1, -0.05) is 0 Å². The third-order valence-electron chi connectivity index (χ3n) is 4.33. The van der Waals surface area contributed by atoms with Crippen LogP contribution in [0.4, 0.5) is 5.69 Å². The molecule has 0 aliphatic heterocycles. The molecule has 28 heavy (non-hydrogen) atoms. The van der Waals surface area contributed by atoms with E-state index in [1.54, 1.807) is 24.7 Å². The standard InChI is InChI=1S/C19H25N3O6/c1-10-15(11(2)22(4)21-10)20-18(23)12(3)28-19(24)13-8-9-14(25-5)17(27-7)16(13)26-6/h8-9,12H,1-7H3,(H,20,23)/t12-/m1/s1. The number of aryl methyl sites for hydroxylation is 2. The largest absolute Gasteiger partial charge is 0.493 e. The number of anilines is 1. The van der Waals surface area contributed by atoms with Crippen LogP contribution in [0.1, 0.15) is 28.7 Å². The molecule has 0 aliphatic rings. The Morgan fingerprint density at radius 3 is 2.21 bits per heavy atom. The van der Waals surface area contributed by atoms with Crippen molar-refractivity contribution in [1.29, 1.82) is 0 Å². The van der Waals surface area contributed by atoms with Crippen LogP contribution in [0.3, 0.4) is 0 Å². The third kappa shape index (κ3) is 4.03.